The number of phenolic OH excluding ortho intramolecular Hbond substituents is 1. The standard InChI is InChI=1S/C17H27NO2/c1-16(2,3)13-9-12(20-4)10-14(15(13)19)17(11-18)7-5-6-8-17/h9-10,19H,5-8,11,18H2,1-4H3. The minimum atomic E-state index is -0.123. The molecule has 1 aromatic carbocycles. The average molecular weight is 277 g/mol. The van der Waals surface area contributed by atoms with Crippen molar-refractivity contribution in [3.8, 4) is 11.5 Å². The van der Waals surface area contributed by atoms with E-state index in [9.17, 15) is 5.11 Å². The van der Waals surface area contributed by atoms with Crippen LogP contribution in [0.15, 0.2) is 12.1 Å². The molecule has 112 valence electrons. The molecule has 0 unspecified atom stereocenters. The van der Waals surface area contributed by atoms with Crippen LogP contribution in [-0.4, -0.2) is 18.8 Å². The third-order valence-corrected chi connectivity index (χ3v) is 4.65. The van der Waals surface area contributed by atoms with Crippen LogP contribution >= 0.6 is 0 Å². The molecule has 0 bridgehead atoms. The lowest BCUT2D eigenvalue weighted by Crippen LogP contribution is -2.32. The molecule has 3 heteroatoms. The Bertz CT molecular complexity index is 482. The van der Waals surface area contributed by atoms with E-state index in [2.05, 4.69) is 20.8 Å². The number of benzene rings is 1. The van der Waals surface area contributed by atoms with E-state index in [4.69, 9.17) is 10.5 Å². The highest BCUT2D eigenvalue weighted by Crippen LogP contribution is 2.48. The molecule has 0 amide bonds. The monoisotopic (exact) mass is 277 g/mol. The predicted molar refractivity (Wildman–Crippen MR) is 82.6 cm³/mol. The second kappa shape index (κ2) is 5.28. The zero-order valence-electron chi connectivity index (χ0n) is 13.1. The molecule has 1 saturated carbocycles. The molecular weight excluding hydrogens is 250 g/mol. The zero-order valence-corrected chi connectivity index (χ0v) is 13.1. The summed E-state index contributed by atoms with van der Waals surface area (Å²) in [5, 5.41) is 10.8. The third kappa shape index (κ3) is 2.51. The first kappa shape index (κ1) is 15.2. The van der Waals surface area contributed by atoms with E-state index in [1.807, 2.05) is 12.1 Å². The zero-order chi connectivity index (χ0) is 15.0. The topological polar surface area (TPSA) is 55.5 Å². The van der Waals surface area contributed by atoms with Crippen LogP contribution < -0.4 is 10.5 Å². The van der Waals surface area contributed by atoms with Gasteiger partial charge in [0, 0.05) is 23.1 Å². The number of aromatic hydroxyl groups is 1. The first-order chi connectivity index (χ1) is 9.34. The van der Waals surface area contributed by atoms with Crippen molar-refractivity contribution in [3.05, 3.63) is 23.3 Å². The van der Waals surface area contributed by atoms with Gasteiger partial charge in [0.1, 0.15) is 11.5 Å². The van der Waals surface area contributed by atoms with Crippen LogP contribution in [0.25, 0.3) is 0 Å². The number of hydrogen-bond acceptors (Lipinski definition) is 3. The van der Waals surface area contributed by atoms with E-state index in [-0.39, 0.29) is 10.8 Å². The lowest BCUT2D eigenvalue weighted by molar-refractivity contribution is 0.378. The summed E-state index contributed by atoms with van der Waals surface area (Å²) >= 11 is 0. The van der Waals surface area contributed by atoms with Crippen molar-refractivity contribution in [2.24, 2.45) is 5.73 Å². The normalized spacial score (nSPS) is 18.2. The Morgan fingerprint density at radius 3 is 2.30 bits per heavy atom. The summed E-state index contributed by atoms with van der Waals surface area (Å²) in [6.07, 6.45) is 4.46. The van der Waals surface area contributed by atoms with Gasteiger partial charge in [0.05, 0.1) is 7.11 Å². The maximum atomic E-state index is 10.8. The highest BCUT2D eigenvalue weighted by atomic mass is 16.5. The molecular formula is C17H27NO2. The summed E-state index contributed by atoms with van der Waals surface area (Å²) in [6, 6.07) is 3.92. The van der Waals surface area contributed by atoms with Crippen LogP contribution in [0.2, 0.25) is 0 Å². The van der Waals surface area contributed by atoms with Gasteiger partial charge in [-0.3, -0.25) is 0 Å². The Balaban J connectivity index is 2.63. The molecule has 0 saturated heterocycles. The highest BCUT2D eigenvalue weighted by molar-refractivity contribution is 5.53. The van der Waals surface area contributed by atoms with E-state index in [0.29, 0.717) is 12.3 Å². The fourth-order valence-corrected chi connectivity index (χ4v) is 3.34. The molecule has 1 aliphatic rings. The van der Waals surface area contributed by atoms with Gasteiger partial charge in [-0.25, -0.2) is 0 Å². The molecule has 2 rings (SSSR count). The average Bonchev–Trinajstić information content (AvgIpc) is 2.87. The first-order valence-corrected chi connectivity index (χ1v) is 7.46. The quantitative estimate of drug-likeness (QED) is 0.889. The summed E-state index contributed by atoms with van der Waals surface area (Å²) in [6.45, 7) is 6.90. The van der Waals surface area contributed by atoms with Crippen molar-refractivity contribution in [1.29, 1.82) is 0 Å². The summed E-state index contributed by atoms with van der Waals surface area (Å²) in [5.41, 5.74) is 7.77. The van der Waals surface area contributed by atoms with Crippen LogP contribution in [0.3, 0.4) is 0 Å². The smallest absolute Gasteiger partial charge is 0.123 e. The molecule has 0 atom stereocenters. The Labute approximate surface area is 122 Å². The number of methoxy groups -OCH3 is 1. The van der Waals surface area contributed by atoms with E-state index >= 15 is 0 Å². The predicted octanol–water partition coefficient (Wildman–Crippen LogP) is 3.47. The second-order valence-electron chi connectivity index (χ2n) is 7.01. The van der Waals surface area contributed by atoms with Crippen LogP contribution in [0.4, 0.5) is 0 Å². The lowest BCUT2D eigenvalue weighted by atomic mass is 9.75. The van der Waals surface area contributed by atoms with Crippen molar-refractivity contribution in [1.82, 2.24) is 0 Å². The van der Waals surface area contributed by atoms with Gasteiger partial charge in [-0.1, -0.05) is 33.6 Å². The second-order valence-corrected chi connectivity index (χ2v) is 7.01. The maximum absolute atomic E-state index is 10.8. The minimum absolute atomic E-state index is 0.0847. The highest BCUT2D eigenvalue weighted by Gasteiger charge is 2.38. The van der Waals surface area contributed by atoms with Gasteiger partial charge in [-0.05, 0) is 30.4 Å². The van der Waals surface area contributed by atoms with Gasteiger partial charge in [0.25, 0.3) is 0 Å². The van der Waals surface area contributed by atoms with Crippen molar-refractivity contribution >= 4 is 0 Å². The molecule has 0 heterocycles. The molecule has 1 fully saturated rings. The molecule has 1 aromatic rings. The summed E-state index contributed by atoms with van der Waals surface area (Å²) in [5.74, 6) is 1.22. The van der Waals surface area contributed by atoms with Gasteiger partial charge >= 0.3 is 0 Å². The van der Waals surface area contributed by atoms with Gasteiger partial charge in [-0.15, -0.1) is 0 Å². The Morgan fingerprint density at radius 2 is 1.85 bits per heavy atom. The summed E-state index contributed by atoms with van der Waals surface area (Å²) in [7, 11) is 1.67. The van der Waals surface area contributed by atoms with Crippen LogP contribution in [0.1, 0.15) is 57.6 Å². The van der Waals surface area contributed by atoms with E-state index in [1.165, 1.54) is 12.8 Å². The van der Waals surface area contributed by atoms with Gasteiger partial charge in [-0.2, -0.15) is 0 Å². The fourth-order valence-electron chi connectivity index (χ4n) is 3.34. The van der Waals surface area contributed by atoms with Crippen LogP contribution in [-0.2, 0) is 10.8 Å². The fraction of sp³-hybridized carbons (Fsp3) is 0.647. The number of phenols is 1. The molecule has 0 spiro atoms. The molecule has 3 N–H and O–H groups in total. The number of nitrogens with two attached hydrogens (primary N) is 1. The van der Waals surface area contributed by atoms with E-state index in [1.54, 1.807) is 7.11 Å². The van der Waals surface area contributed by atoms with Crippen LogP contribution in [0.5, 0.6) is 11.5 Å². The van der Waals surface area contributed by atoms with Gasteiger partial charge in [0.2, 0.25) is 0 Å². The van der Waals surface area contributed by atoms with Gasteiger partial charge < -0.3 is 15.6 Å². The van der Waals surface area contributed by atoms with E-state index in [0.717, 1.165) is 29.7 Å². The Morgan fingerprint density at radius 1 is 1.25 bits per heavy atom. The van der Waals surface area contributed by atoms with Gasteiger partial charge in [0.15, 0.2) is 0 Å². The summed E-state index contributed by atoms with van der Waals surface area (Å²) in [4.78, 5) is 0. The lowest BCUT2D eigenvalue weighted by Gasteiger charge is -2.32. The number of hydrogen-bond donors (Lipinski definition) is 2. The molecule has 1 aliphatic carbocycles. The van der Waals surface area contributed by atoms with Crippen molar-refractivity contribution in [2.75, 3.05) is 13.7 Å². The maximum Gasteiger partial charge on any atom is 0.123 e. The summed E-state index contributed by atoms with van der Waals surface area (Å²) < 4.78 is 5.44. The van der Waals surface area contributed by atoms with Crippen molar-refractivity contribution < 1.29 is 9.84 Å². The van der Waals surface area contributed by atoms with Crippen molar-refractivity contribution in [2.45, 2.75) is 57.3 Å². The third-order valence-electron chi connectivity index (χ3n) is 4.65. The molecule has 0 aromatic heterocycles. The first-order valence-electron chi connectivity index (χ1n) is 7.46. The molecule has 0 aliphatic heterocycles. The van der Waals surface area contributed by atoms with Crippen LogP contribution in [0, 0.1) is 0 Å². The molecule has 20 heavy (non-hydrogen) atoms. The minimum Gasteiger partial charge on any atom is -0.507 e. The Kier molecular flexibility index (Phi) is 4.01. The number of rotatable bonds is 3. The number of ether oxygens (including phenoxy) is 1. The van der Waals surface area contributed by atoms with E-state index < -0.39 is 0 Å². The SMILES string of the molecule is COc1cc(C(C)(C)C)c(O)c(C2(CN)CCCC2)c1. The Hall–Kier alpha value is -1.22. The molecule has 3 nitrogen and oxygen atoms in total. The largest absolute Gasteiger partial charge is 0.507 e. The van der Waals surface area contributed by atoms with Crippen molar-refractivity contribution in [3.63, 3.8) is 0 Å². The molecule has 0 radical (unpaired) electrons.